The van der Waals surface area contributed by atoms with Gasteiger partial charge in [-0.25, -0.2) is 0 Å². The van der Waals surface area contributed by atoms with E-state index in [1.54, 1.807) is 18.3 Å². The zero-order valence-electron chi connectivity index (χ0n) is 12.6. The van der Waals surface area contributed by atoms with Crippen molar-refractivity contribution in [1.82, 2.24) is 5.32 Å². The molecule has 0 saturated heterocycles. The fraction of sp³-hybridized carbons (Fsp3) is 0.688. The molecule has 3 nitrogen and oxygen atoms in total. The summed E-state index contributed by atoms with van der Waals surface area (Å²) >= 11 is 1.55. The van der Waals surface area contributed by atoms with Gasteiger partial charge in [0.05, 0.1) is 6.54 Å². The molecular formula is C16H25NO2S. The molecule has 112 valence electrons. The molecule has 1 saturated carbocycles. The van der Waals surface area contributed by atoms with Gasteiger partial charge in [-0.3, -0.25) is 4.79 Å². The molecule has 1 unspecified atom stereocenters. The molecule has 1 aromatic heterocycles. The van der Waals surface area contributed by atoms with Crippen molar-refractivity contribution in [2.45, 2.75) is 52.1 Å². The van der Waals surface area contributed by atoms with E-state index in [4.69, 9.17) is 0 Å². The third-order valence-corrected chi connectivity index (χ3v) is 5.38. The van der Waals surface area contributed by atoms with Crippen molar-refractivity contribution in [2.75, 3.05) is 6.54 Å². The van der Waals surface area contributed by atoms with Gasteiger partial charge in [0, 0.05) is 5.41 Å². The molecule has 2 rings (SSSR count). The number of carbonyl (C=O) groups excluding carboxylic acids is 1. The van der Waals surface area contributed by atoms with Crippen LogP contribution >= 0.6 is 11.3 Å². The van der Waals surface area contributed by atoms with Crippen LogP contribution in [0.1, 0.15) is 52.0 Å². The zero-order valence-corrected chi connectivity index (χ0v) is 13.4. The Morgan fingerprint density at radius 1 is 1.40 bits per heavy atom. The van der Waals surface area contributed by atoms with Gasteiger partial charge in [-0.2, -0.15) is 11.3 Å². The number of carbonyl (C=O) groups is 1. The third-order valence-electron chi connectivity index (χ3n) is 4.70. The lowest BCUT2D eigenvalue weighted by Crippen LogP contribution is -2.46. The van der Waals surface area contributed by atoms with Crippen LogP contribution in [0.5, 0.6) is 0 Å². The van der Waals surface area contributed by atoms with Gasteiger partial charge in [-0.05, 0) is 48.1 Å². The number of nitrogens with one attached hydrogen (secondary N) is 1. The summed E-state index contributed by atoms with van der Waals surface area (Å²) in [6.45, 7) is 6.06. The predicted octanol–water partition coefficient (Wildman–Crippen LogP) is 3.29. The number of thiophene rings is 1. The number of rotatable bonds is 5. The van der Waals surface area contributed by atoms with Crippen molar-refractivity contribution in [3.8, 4) is 0 Å². The molecule has 0 bridgehead atoms. The number of hydrogen-bond acceptors (Lipinski definition) is 3. The molecular weight excluding hydrogens is 270 g/mol. The van der Waals surface area contributed by atoms with Gasteiger partial charge in [0.2, 0.25) is 5.91 Å². The molecule has 0 radical (unpaired) electrons. The maximum Gasteiger partial charge on any atom is 0.226 e. The van der Waals surface area contributed by atoms with E-state index in [0.717, 1.165) is 18.4 Å². The summed E-state index contributed by atoms with van der Waals surface area (Å²) in [7, 11) is 0. The molecule has 1 fully saturated rings. The van der Waals surface area contributed by atoms with Crippen LogP contribution < -0.4 is 5.32 Å². The van der Waals surface area contributed by atoms with Gasteiger partial charge >= 0.3 is 0 Å². The Morgan fingerprint density at radius 2 is 2.05 bits per heavy atom. The van der Waals surface area contributed by atoms with Crippen molar-refractivity contribution in [2.24, 2.45) is 11.3 Å². The third kappa shape index (κ3) is 3.23. The van der Waals surface area contributed by atoms with Crippen molar-refractivity contribution in [3.63, 3.8) is 0 Å². The van der Waals surface area contributed by atoms with Gasteiger partial charge in [0.15, 0.2) is 0 Å². The van der Waals surface area contributed by atoms with Crippen molar-refractivity contribution in [3.05, 3.63) is 22.4 Å². The Hall–Kier alpha value is -0.870. The van der Waals surface area contributed by atoms with Crippen LogP contribution in [-0.4, -0.2) is 17.6 Å². The Bertz CT molecular complexity index is 445. The van der Waals surface area contributed by atoms with E-state index in [1.807, 2.05) is 30.7 Å². The minimum atomic E-state index is -0.999. The van der Waals surface area contributed by atoms with E-state index in [9.17, 15) is 9.90 Å². The number of amides is 1. The average Bonchev–Trinajstić information content (AvgIpc) is 3.07. The molecule has 1 heterocycles. The second-order valence-corrected chi connectivity index (χ2v) is 7.45. The monoisotopic (exact) mass is 295 g/mol. The summed E-state index contributed by atoms with van der Waals surface area (Å²) in [4.78, 5) is 12.4. The van der Waals surface area contributed by atoms with E-state index in [0.29, 0.717) is 5.92 Å². The average molecular weight is 295 g/mol. The molecule has 1 aliphatic rings. The Kier molecular flexibility index (Phi) is 4.55. The highest BCUT2D eigenvalue weighted by atomic mass is 32.1. The number of hydrogen-bond donors (Lipinski definition) is 2. The van der Waals surface area contributed by atoms with Crippen LogP contribution in [0.25, 0.3) is 0 Å². The maximum absolute atomic E-state index is 12.4. The highest BCUT2D eigenvalue weighted by Gasteiger charge is 2.38. The summed E-state index contributed by atoms with van der Waals surface area (Å²) in [5, 5.41) is 17.3. The molecule has 1 amide bonds. The van der Waals surface area contributed by atoms with Crippen LogP contribution in [0.2, 0.25) is 0 Å². The lowest BCUT2D eigenvalue weighted by Gasteiger charge is -2.32. The Balaban J connectivity index is 1.94. The Morgan fingerprint density at radius 3 is 2.60 bits per heavy atom. The first kappa shape index (κ1) is 15.5. The van der Waals surface area contributed by atoms with Gasteiger partial charge in [0.1, 0.15) is 5.60 Å². The summed E-state index contributed by atoms with van der Waals surface area (Å²) < 4.78 is 0. The van der Waals surface area contributed by atoms with Crippen molar-refractivity contribution >= 4 is 17.2 Å². The lowest BCUT2D eigenvalue weighted by molar-refractivity contribution is -0.133. The predicted molar refractivity (Wildman–Crippen MR) is 82.6 cm³/mol. The first-order valence-electron chi connectivity index (χ1n) is 7.37. The van der Waals surface area contributed by atoms with E-state index < -0.39 is 5.60 Å². The van der Waals surface area contributed by atoms with Crippen molar-refractivity contribution < 1.29 is 9.90 Å². The molecule has 1 atom stereocenters. The van der Waals surface area contributed by atoms with Gasteiger partial charge in [0.25, 0.3) is 0 Å². The van der Waals surface area contributed by atoms with Crippen LogP contribution in [0.4, 0.5) is 0 Å². The van der Waals surface area contributed by atoms with E-state index in [2.05, 4.69) is 5.32 Å². The molecule has 0 aromatic carbocycles. The summed E-state index contributed by atoms with van der Waals surface area (Å²) in [5.41, 5.74) is -0.482. The van der Waals surface area contributed by atoms with Gasteiger partial charge in [-0.15, -0.1) is 0 Å². The highest BCUT2D eigenvalue weighted by Crippen LogP contribution is 2.39. The SMILES string of the molecule is CC(O)(CNC(=O)C(C)(C)C1CCCC1)c1ccsc1. The van der Waals surface area contributed by atoms with Gasteiger partial charge < -0.3 is 10.4 Å². The standard InChI is InChI=1S/C16H25NO2S/c1-15(2,12-6-4-5-7-12)14(18)17-11-16(3,19)13-8-9-20-10-13/h8-10,12,19H,4-7,11H2,1-3H3,(H,17,18). The molecule has 1 aliphatic carbocycles. The topological polar surface area (TPSA) is 49.3 Å². The molecule has 20 heavy (non-hydrogen) atoms. The van der Waals surface area contributed by atoms with E-state index >= 15 is 0 Å². The minimum absolute atomic E-state index is 0.0555. The highest BCUT2D eigenvalue weighted by molar-refractivity contribution is 7.08. The first-order chi connectivity index (χ1) is 9.34. The van der Waals surface area contributed by atoms with E-state index in [1.165, 1.54) is 12.8 Å². The summed E-state index contributed by atoms with van der Waals surface area (Å²) in [6, 6.07) is 1.90. The molecule has 0 aliphatic heterocycles. The fourth-order valence-electron chi connectivity index (χ4n) is 2.99. The molecule has 0 spiro atoms. The summed E-state index contributed by atoms with van der Waals surface area (Å²) in [5.74, 6) is 0.522. The normalized spacial score (nSPS) is 19.8. The van der Waals surface area contributed by atoms with Crippen LogP contribution in [-0.2, 0) is 10.4 Å². The van der Waals surface area contributed by atoms with Crippen molar-refractivity contribution in [1.29, 1.82) is 0 Å². The smallest absolute Gasteiger partial charge is 0.226 e. The Labute approximate surface area is 125 Å². The quantitative estimate of drug-likeness (QED) is 0.875. The second-order valence-electron chi connectivity index (χ2n) is 6.67. The molecule has 4 heteroatoms. The first-order valence-corrected chi connectivity index (χ1v) is 8.31. The number of aliphatic hydroxyl groups is 1. The largest absolute Gasteiger partial charge is 0.384 e. The zero-order chi connectivity index (χ0) is 14.8. The van der Waals surface area contributed by atoms with Gasteiger partial charge in [-0.1, -0.05) is 26.7 Å². The minimum Gasteiger partial charge on any atom is -0.384 e. The molecule has 2 N–H and O–H groups in total. The lowest BCUT2D eigenvalue weighted by atomic mass is 9.77. The van der Waals surface area contributed by atoms with Crippen LogP contribution in [0.15, 0.2) is 16.8 Å². The molecule has 1 aromatic rings. The summed E-state index contributed by atoms with van der Waals surface area (Å²) in [6.07, 6.45) is 4.74. The second kappa shape index (κ2) is 5.86. The van der Waals surface area contributed by atoms with E-state index in [-0.39, 0.29) is 17.9 Å². The van der Waals surface area contributed by atoms with Crippen LogP contribution in [0, 0.1) is 11.3 Å². The fourth-order valence-corrected chi connectivity index (χ4v) is 3.77. The van der Waals surface area contributed by atoms with Crippen LogP contribution in [0.3, 0.4) is 0 Å². The maximum atomic E-state index is 12.4.